The maximum absolute atomic E-state index is 10.4. The molecule has 0 amide bonds. The third kappa shape index (κ3) is 2.03. The van der Waals surface area contributed by atoms with Crippen molar-refractivity contribution < 1.29 is 4.21 Å². The molecule has 11 heavy (non-hydrogen) atoms. The van der Waals surface area contributed by atoms with Gasteiger partial charge >= 0.3 is 16.6 Å². The van der Waals surface area contributed by atoms with E-state index in [1.807, 2.05) is 0 Å². The van der Waals surface area contributed by atoms with E-state index in [0.717, 1.165) is 0 Å². The standard InChI is InChI=1S/C6H2Cl3OS/c7-3-1-4(8)6(11-10)5(9)2-3/h1-2H/q+1. The molecule has 0 N–H and O–H groups in total. The summed E-state index contributed by atoms with van der Waals surface area (Å²) in [6, 6.07) is 2.96. The van der Waals surface area contributed by atoms with E-state index in [-0.39, 0.29) is 11.7 Å². The van der Waals surface area contributed by atoms with E-state index in [2.05, 4.69) is 0 Å². The van der Waals surface area contributed by atoms with Crippen LogP contribution >= 0.6 is 34.8 Å². The Morgan fingerprint density at radius 3 is 1.91 bits per heavy atom. The van der Waals surface area contributed by atoms with Crippen molar-refractivity contribution in [1.29, 1.82) is 0 Å². The van der Waals surface area contributed by atoms with Gasteiger partial charge < -0.3 is 0 Å². The van der Waals surface area contributed by atoms with Gasteiger partial charge in [0.25, 0.3) is 0 Å². The second-order valence-corrected chi connectivity index (χ2v) is 3.61. The van der Waals surface area contributed by atoms with Crippen LogP contribution in [0.25, 0.3) is 0 Å². The molecule has 0 aliphatic rings. The van der Waals surface area contributed by atoms with Gasteiger partial charge in [-0.2, -0.15) is 0 Å². The first-order chi connectivity index (χ1) is 5.15. The van der Waals surface area contributed by atoms with Crippen LogP contribution in [0.15, 0.2) is 17.0 Å². The highest BCUT2D eigenvalue weighted by Crippen LogP contribution is 2.28. The Kier molecular flexibility index (Phi) is 3.07. The number of hydrogen-bond acceptors (Lipinski definition) is 1. The zero-order valence-electron chi connectivity index (χ0n) is 5.11. The first-order valence-corrected chi connectivity index (χ1v) is 4.47. The first kappa shape index (κ1) is 9.20. The Morgan fingerprint density at radius 2 is 1.55 bits per heavy atom. The van der Waals surface area contributed by atoms with Crippen LogP contribution < -0.4 is 0 Å². The van der Waals surface area contributed by atoms with Crippen LogP contribution in [0.1, 0.15) is 0 Å². The van der Waals surface area contributed by atoms with E-state index < -0.39 is 0 Å². The molecular weight excluding hydrogens is 226 g/mol. The molecule has 0 fully saturated rings. The lowest BCUT2D eigenvalue weighted by Crippen LogP contribution is -1.78. The molecule has 1 aromatic carbocycles. The summed E-state index contributed by atoms with van der Waals surface area (Å²) >= 11 is 17.1. The molecule has 0 heterocycles. The zero-order valence-corrected chi connectivity index (χ0v) is 8.19. The number of hydrogen-bond donors (Lipinski definition) is 0. The van der Waals surface area contributed by atoms with Crippen molar-refractivity contribution in [2.75, 3.05) is 0 Å². The van der Waals surface area contributed by atoms with Gasteiger partial charge in [-0.25, -0.2) is 0 Å². The van der Waals surface area contributed by atoms with Crippen molar-refractivity contribution in [1.82, 2.24) is 0 Å². The molecule has 0 radical (unpaired) electrons. The smallest absolute Gasteiger partial charge is 0.0842 e. The fourth-order valence-electron chi connectivity index (χ4n) is 0.609. The Bertz CT molecular complexity index is 277. The lowest BCUT2D eigenvalue weighted by atomic mass is 10.4. The van der Waals surface area contributed by atoms with Gasteiger partial charge in [0.05, 0.1) is 0 Å². The first-order valence-electron chi connectivity index (χ1n) is 2.59. The van der Waals surface area contributed by atoms with Crippen molar-refractivity contribution in [3.05, 3.63) is 27.2 Å². The SMILES string of the molecule is O=[S+]c1c(Cl)cc(Cl)cc1Cl. The minimum absolute atomic E-state index is 0.258. The highest BCUT2D eigenvalue weighted by Gasteiger charge is 2.18. The van der Waals surface area contributed by atoms with Crippen LogP contribution in [0.4, 0.5) is 0 Å². The summed E-state index contributed by atoms with van der Waals surface area (Å²) in [7, 11) is 0. The average molecular weight is 229 g/mol. The maximum Gasteiger partial charge on any atom is 0.508 e. The Hall–Kier alpha value is 0.110. The van der Waals surface area contributed by atoms with Crippen LogP contribution in [-0.2, 0) is 15.9 Å². The van der Waals surface area contributed by atoms with Gasteiger partial charge in [0, 0.05) is 9.23 Å². The molecule has 1 nitrogen and oxygen atoms in total. The second-order valence-electron chi connectivity index (χ2n) is 1.78. The van der Waals surface area contributed by atoms with Crippen LogP contribution in [0.3, 0.4) is 0 Å². The van der Waals surface area contributed by atoms with E-state index >= 15 is 0 Å². The lowest BCUT2D eigenvalue weighted by Gasteiger charge is -1.90. The fraction of sp³-hybridized carbons (Fsp3) is 0. The summed E-state index contributed by atoms with van der Waals surface area (Å²) in [5, 5.41) is 1.02. The van der Waals surface area contributed by atoms with Gasteiger partial charge in [-0.15, -0.1) is 0 Å². The van der Waals surface area contributed by atoms with Gasteiger partial charge in [0.2, 0.25) is 0 Å². The van der Waals surface area contributed by atoms with Crippen molar-refractivity contribution in [2.24, 2.45) is 0 Å². The van der Waals surface area contributed by atoms with Gasteiger partial charge in [0.15, 0.2) is 0 Å². The van der Waals surface area contributed by atoms with Crippen molar-refractivity contribution in [3.63, 3.8) is 0 Å². The quantitative estimate of drug-likeness (QED) is 0.673. The van der Waals surface area contributed by atoms with Gasteiger partial charge in [-0.1, -0.05) is 34.8 Å². The van der Waals surface area contributed by atoms with Crippen LogP contribution in [-0.4, -0.2) is 0 Å². The molecule has 58 valence electrons. The minimum Gasteiger partial charge on any atom is -0.0842 e. The molecule has 0 aliphatic carbocycles. The van der Waals surface area contributed by atoms with Crippen LogP contribution in [0.2, 0.25) is 15.1 Å². The zero-order chi connectivity index (χ0) is 8.43. The molecule has 1 aromatic rings. The molecule has 0 unspecified atom stereocenters. The molecular formula is C6H2Cl3OS+. The average Bonchev–Trinajstić information content (AvgIpc) is 1.85. The molecule has 0 aliphatic heterocycles. The predicted octanol–water partition coefficient (Wildman–Crippen LogP) is 3.43. The molecule has 5 heteroatoms. The van der Waals surface area contributed by atoms with E-state index in [1.54, 1.807) is 0 Å². The lowest BCUT2D eigenvalue weighted by molar-refractivity contribution is 0.605. The summed E-state index contributed by atoms with van der Waals surface area (Å²) < 4.78 is 10.4. The minimum atomic E-state index is 0.258. The molecule has 0 atom stereocenters. The second kappa shape index (κ2) is 3.68. The fourth-order valence-corrected chi connectivity index (χ4v) is 1.89. The normalized spacial score (nSPS) is 9.73. The molecule has 0 saturated carbocycles. The Morgan fingerprint density at radius 1 is 1.09 bits per heavy atom. The molecule has 1 rings (SSSR count). The van der Waals surface area contributed by atoms with E-state index in [4.69, 9.17) is 34.8 Å². The van der Waals surface area contributed by atoms with Crippen molar-refractivity contribution >= 4 is 46.5 Å². The van der Waals surface area contributed by atoms with E-state index in [0.29, 0.717) is 20.0 Å². The van der Waals surface area contributed by atoms with E-state index in [9.17, 15) is 4.21 Å². The van der Waals surface area contributed by atoms with Gasteiger partial charge in [-0.05, 0) is 12.1 Å². The van der Waals surface area contributed by atoms with Crippen LogP contribution in [0, 0.1) is 0 Å². The topological polar surface area (TPSA) is 17.1 Å². The summed E-state index contributed by atoms with van der Waals surface area (Å²) in [5.74, 6) is 0. The largest absolute Gasteiger partial charge is 0.508 e. The molecule has 0 aromatic heterocycles. The van der Waals surface area contributed by atoms with Gasteiger partial charge in [-0.3, -0.25) is 0 Å². The molecule has 0 spiro atoms. The third-order valence-corrected chi connectivity index (χ3v) is 2.69. The number of rotatable bonds is 1. The highest BCUT2D eigenvalue weighted by molar-refractivity contribution is 7.66. The van der Waals surface area contributed by atoms with Crippen molar-refractivity contribution in [3.8, 4) is 0 Å². The summed E-state index contributed by atoms with van der Waals surface area (Å²) in [6.45, 7) is 0. The Labute approximate surface area is 82.7 Å². The number of halogens is 3. The van der Waals surface area contributed by atoms with Crippen molar-refractivity contribution in [2.45, 2.75) is 4.90 Å². The monoisotopic (exact) mass is 227 g/mol. The highest BCUT2D eigenvalue weighted by atomic mass is 35.5. The van der Waals surface area contributed by atoms with Crippen LogP contribution in [0.5, 0.6) is 0 Å². The predicted molar refractivity (Wildman–Crippen MR) is 47.8 cm³/mol. The summed E-state index contributed by atoms with van der Waals surface area (Å²) in [4.78, 5) is 0.317. The maximum atomic E-state index is 10.4. The third-order valence-electron chi connectivity index (χ3n) is 1.05. The van der Waals surface area contributed by atoms with Gasteiger partial charge in [0.1, 0.15) is 10.0 Å². The van der Waals surface area contributed by atoms with E-state index in [1.165, 1.54) is 12.1 Å². The summed E-state index contributed by atoms with van der Waals surface area (Å²) in [6.07, 6.45) is 0. The summed E-state index contributed by atoms with van der Waals surface area (Å²) in [5.41, 5.74) is 0. The number of benzene rings is 1. The molecule has 0 bridgehead atoms. The Balaban J connectivity index is 3.36. The molecule has 0 saturated heterocycles.